The summed E-state index contributed by atoms with van der Waals surface area (Å²) in [6.07, 6.45) is 12.6. The van der Waals surface area contributed by atoms with Crippen LogP contribution in [0.2, 0.25) is 0 Å². The smallest absolute Gasteiger partial charge is 0.161 e. The molecule has 13 aromatic rings. The highest BCUT2D eigenvalue weighted by molar-refractivity contribution is 5.98. The first-order chi connectivity index (χ1) is 43.3. The van der Waals surface area contributed by atoms with Crippen molar-refractivity contribution >= 4 is 44.1 Å². The van der Waals surface area contributed by atoms with Gasteiger partial charge in [0.1, 0.15) is 47.1 Å². The zero-order valence-electron chi connectivity index (χ0n) is 48.0. The van der Waals surface area contributed by atoms with Gasteiger partial charge in [0.25, 0.3) is 0 Å². The Hall–Kier alpha value is -10.2. The largest absolute Gasteiger partial charge is 0.493 e. The minimum atomic E-state index is -0.413. The molecule has 88 heavy (non-hydrogen) atoms. The lowest BCUT2D eigenvalue weighted by Crippen LogP contribution is -2.25. The second kappa shape index (κ2) is 24.0. The second-order valence-electron chi connectivity index (χ2n) is 22.6. The molecule has 5 aromatic carbocycles. The highest BCUT2D eigenvalue weighted by Crippen LogP contribution is 2.38. The van der Waals surface area contributed by atoms with Crippen molar-refractivity contribution in [2.45, 2.75) is 44.8 Å². The molecule has 8 aromatic heterocycles. The van der Waals surface area contributed by atoms with Gasteiger partial charge in [0.05, 0.1) is 57.1 Å². The molecule has 4 N–H and O–H groups in total. The summed E-state index contributed by atoms with van der Waals surface area (Å²) in [7, 11) is 0. The molecule has 0 aliphatic carbocycles. The molecule has 438 valence electrons. The summed E-state index contributed by atoms with van der Waals surface area (Å²) >= 11 is 0. The van der Waals surface area contributed by atoms with Gasteiger partial charge >= 0.3 is 0 Å². The predicted octanol–water partition coefficient (Wildman–Crippen LogP) is 12.4. The van der Waals surface area contributed by atoms with Gasteiger partial charge in [0.15, 0.2) is 23.0 Å². The van der Waals surface area contributed by atoms with E-state index >= 15 is 8.78 Å². The quantitative estimate of drug-likeness (QED) is 0.0524. The molecule has 2 fully saturated rings. The number of fused-ring (bicyclic) bond motifs is 4. The van der Waals surface area contributed by atoms with Crippen molar-refractivity contribution in [3.63, 3.8) is 0 Å². The lowest BCUT2D eigenvalue weighted by atomic mass is 10.0. The number of aromatic nitrogens is 13. The zero-order chi connectivity index (χ0) is 58.9. The van der Waals surface area contributed by atoms with E-state index in [-0.39, 0.29) is 11.9 Å². The lowest BCUT2D eigenvalue weighted by Gasteiger charge is -2.17. The second-order valence-corrected chi connectivity index (χ2v) is 22.6. The fourth-order valence-electron chi connectivity index (χ4n) is 12.3. The summed E-state index contributed by atoms with van der Waals surface area (Å²) in [5, 5.41) is 16.6. The minimum absolute atomic E-state index is 0.0301. The van der Waals surface area contributed by atoms with Crippen LogP contribution in [0.4, 0.5) is 8.78 Å². The van der Waals surface area contributed by atoms with E-state index in [1.54, 1.807) is 12.4 Å². The van der Waals surface area contributed by atoms with Crippen molar-refractivity contribution in [1.29, 1.82) is 0 Å². The van der Waals surface area contributed by atoms with Gasteiger partial charge in [-0.15, -0.1) is 0 Å². The number of hydrogen-bond donors (Lipinski definition) is 4. The average Bonchev–Trinajstić information content (AvgIpc) is 2.08. The number of likely N-dealkylation sites (tertiary alicyclic amines) is 2. The summed E-state index contributed by atoms with van der Waals surface area (Å²) in [6.45, 7) is 7.54. The van der Waals surface area contributed by atoms with Crippen molar-refractivity contribution in [2.24, 2.45) is 0 Å². The number of imidazole rings is 2. The van der Waals surface area contributed by atoms with Gasteiger partial charge in [-0.1, -0.05) is 54.6 Å². The highest BCUT2D eigenvalue weighted by atomic mass is 19.1. The lowest BCUT2D eigenvalue weighted by molar-refractivity contribution is 0.237. The monoisotopic (exact) mass is 1170 g/mol. The van der Waals surface area contributed by atoms with Crippen LogP contribution < -0.4 is 14.8 Å². The number of rotatable bonds is 20. The van der Waals surface area contributed by atoms with Crippen LogP contribution in [0.3, 0.4) is 0 Å². The number of ether oxygens (including phenoxy) is 2. The summed E-state index contributed by atoms with van der Waals surface area (Å²) < 4.78 is 45.5. The molecular formula is C68H60F2N16O2. The van der Waals surface area contributed by atoms with E-state index in [9.17, 15) is 0 Å². The maximum atomic E-state index is 15.5. The summed E-state index contributed by atoms with van der Waals surface area (Å²) in [6, 6.07) is 41.8. The van der Waals surface area contributed by atoms with Crippen LogP contribution in [0.1, 0.15) is 42.9 Å². The number of nitrogens with one attached hydrogen (secondary N) is 4. The number of pyridine rings is 3. The van der Waals surface area contributed by atoms with Gasteiger partial charge in [-0.05, 0) is 128 Å². The van der Waals surface area contributed by atoms with Crippen LogP contribution in [0.5, 0.6) is 11.5 Å². The first-order valence-electron chi connectivity index (χ1n) is 29.8. The van der Waals surface area contributed by atoms with Crippen LogP contribution in [-0.2, 0) is 13.1 Å². The van der Waals surface area contributed by atoms with Gasteiger partial charge in [-0.2, -0.15) is 10.2 Å². The van der Waals surface area contributed by atoms with E-state index in [4.69, 9.17) is 34.5 Å². The summed E-state index contributed by atoms with van der Waals surface area (Å²) in [5.74, 6) is 1.21. The minimum Gasteiger partial charge on any atom is -0.493 e. The Kier molecular flexibility index (Phi) is 14.8. The first kappa shape index (κ1) is 54.5. The Morgan fingerprint density at radius 3 is 1.95 bits per heavy atom. The number of H-pyrrole nitrogens is 3. The molecule has 20 heteroatoms. The Balaban J connectivity index is 0.663. The van der Waals surface area contributed by atoms with Crippen molar-refractivity contribution in [1.82, 2.24) is 80.0 Å². The van der Waals surface area contributed by atoms with Crippen molar-refractivity contribution in [2.75, 3.05) is 52.5 Å². The number of para-hydroxylation sites is 2. The third-order valence-electron chi connectivity index (χ3n) is 16.6. The first-order valence-corrected chi connectivity index (χ1v) is 29.8. The Bertz CT molecular complexity index is 4660. The topological polar surface area (TPSA) is 205 Å². The van der Waals surface area contributed by atoms with E-state index < -0.39 is 5.82 Å². The molecule has 10 heterocycles. The third kappa shape index (κ3) is 11.3. The van der Waals surface area contributed by atoms with Crippen molar-refractivity contribution < 1.29 is 18.3 Å². The van der Waals surface area contributed by atoms with Crippen molar-refractivity contribution in [3.05, 3.63) is 187 Å². The maximum Gasteiger partial charge on any atom is 0.161 e. The van der Waals surface area contributed by atoms with E-state index in [0.717, 1.165) is 108 Å². The molecule has 0 amide bonds. The standard InChI is InChI=1S/C68H60F2N16O2/c69-48-28-44(53-11-6-13-57-61(53)79-67(77-57)65-63-59(81-82-65)16-15-56(75-63)47-38-73-41-74-39-47)30-51(32-48)87-25-8-22-85-23-19-50(40-85)86-60-18-17-55(46-27-43(36-72-37-46)35-71-34-42-9-2-1-3-10-42)76-64(60)66(83-86)68-78-58-14-7-12-54(62(58)80-68)45-29-49(70)33-52(31-45)88-26-24-84-20-4-5-21-84/h1-3,6-7,9-18,27-33,36-39,41,50,71H,4-5,8,19-26,34-35,40H2,(H,77,79)(H,78,80)(H,81,82). The highest BCUT2D eigenvalue weighted by Gasteiger charge is 2.29. The van der Waals surface area contributed by atoms with E-state index in [1.807, 2.05) is 97.3 Å². The normalized spacial score (nSPS) is 14.8. The molecule has 0 bridgehead atoms. The summed E-state index contributed by atoms with van der Waals surface area (Å²) in [4.78, 5) is 45.2. The van der Waals surface area contributed by atoms with Crippen LogP contribution in [-0.4, -0.2) is 127 Å². The van der Waals surface area contributed by atoms with Crippen molar-refractivity contribution in [3.8, 4) is 79.3 Å². The number of halogens is 2. The van der Waals surface area contributed by atoms with Gasteiger partial charge < -0.3 is 29.7 Å². The number of benzene rings is 5. The van der Waals surface area contributed by atoms with Crippen LogP contribution in [0.25, 0.3) is 112 Å². The maximum absolute atomic E-state index is 15.5. The van der Waals surface area contributed by atoms with Crippen LogP contribution in [0, 0.1) is 11.6 Å². The molecule has 18 nitrogen and oxygen atoms in total. The molecule has 2 saturated heterocycles. The molecule has 2 aliphatic heterocycles. The molecular weight excluding hydrogens is 1110 g/mol. The fourth-order valence-corrected chi connectivity index (χ4v) is 12.3. The molecule has 0 radical (unpaired) electrons. The SMILES string of the molecule is Fc1cc(OCCCN2CCC(n3nc(-c4nc5c(-c6cc(F)cc(OCCN7CCCC7)c6)cccc5[nH]4)c4nc(-c5cncc(CNCc6ccccc6)c5)ccc43)C2)cc(-c2cccc3[nH]c(-c4n[nH]c5ccc(-c6cncnc6)nc45)nc23)c1. The van der Waals surface area contributed by atoms with Gasteiger partial charge in [-0.25, -0.2) is 38.7 Å². The Labute approximate surface area is 504 Å². The van der Waals surface area contributed by atoms with E-state index in [0.29, 0.717) is 99.6 Å². The molecule has 15 rings (SSSR count). The molecule has 2 aliphatic rings. The van der Waals surface area contributed by atoms with Gasteiger partial charge in [-0.3, -0.25) is 19.7 Å². The number of hydrogen-bond acceptors (Lipinski definition) is 14. The molecule has 0 saturated carbocycles. The van der Waals surface area contributed by atoms with E-state index in [1.165, 1.54) is 49.0 Å². The molecule has 1 unspecified atom stereocenters. The molecule has 1 atom stereocenters. The fraction of sp³-hybridized carbons (Fsp3) is 0.221. The molecule has 0 spiro atoms. The average molecular weight is 1170 g/mol. The predicted molar refractivity (Wildman–Crippen MR) is 335 cm³/mol. The zero-order valence-corrected chi connectivity index (χ0v) is 48.0. The summed E-state index contributed by atoms with van der Waals surface area (Å²) in [5.41, 5.74) is 15.3. The van der Waals surface area contributed by atoms with E-state index in [2.05, 4.69) is 79.2 Å². The van der Waals surface area contributed by atoms with Crippen LogP contribution in [0.15, 0.2) is 165 Å². The van der Waals surface area contributed by atoms with Gasteiger partial charge in [0, 0.05) is 98.4 Å². The Morgan fingerprint density at radius 1 is 0.534 bits per heavy atom. The Morgan fingerprint density at radius 2 is 1.20 bits per heavy atom. The van der Waals surface area contributed by atoms with Crippen LogP contribution >= 0.6 is 0 Å². The third-order valence-corrected chi connectivity index (χ3v) is 16.6. The number of aromatic amines is 3. The van der Waals surface area contributed by atoms with Gasteiger partial charge in [0.2, 0.25) is 0 Å². The number of nitrogens with zero attached hydrogens (tertiary/aromatic N) is 12.